The lowest BCUT2D eigenvalue weighted by Gasteiger charge is -2.04. The Labute approximate surface area is 90.8 Å². The van der Waals surface area contributed by atoms with Crippen LogP contribution in [0.4, 0.5) is 0 Å². The van der Waals surface area contributed by atoms with Gasteiger partial charge in [-0.15, -0.1) is 0 Å². The van der Waals surface area contributed by atoms with Crippen molar-refractivity contribution in [3.63, 3.8) is 0 Å². The van der Waals surface area contributed by atoms with E-state index in [-0.39, 0.29) is 0 Å². The summed E-state index contributed by atoms with van der Waals surface area (Å²) in [4.78, 5) is 0. The Morgan fingerprint density at radius 1 is 1.77 bits per heavy atom. The van der Waals surface area contributed by atoms with Crippen molar-refractivity contribution in [2.24, 2.45) is 7.05 Å². The summed E-state index contributed by atoms with van der Waals surface area (Å²) in [5.74, 6) is 0. The highest BCUT2D eigenvalue weighted by Gasteiger charge is 2.04. The molecule has 0 aromatic carbocycles. The molecule has 0 amide bonds. The van der Waals surface area contributed by atoms with E-state index in [2.05, 4.69) is 31.7 Å². The Balaban J connectivity index is 2.54. The molecule has 2 N–H and O–H groups in total. The number of aromatic nitrogens is 2. The van der Waals surface area contributed by atoms with Crippen LogP contribution in [0.5, 0.6) is 0 Å². The fraction of sp³-hybridized carbons (Fsp3) is 0.429. The minimum Gasteiger partial charge on any atom is -0.366 e. The predicted octanol–water partition coefficient (Wildman–Crippen LogP) is 0.776. The number of hydrogen-bond acceptors (Lipinski definition) is 2. The van der Waals surface area contributed by atoms with Gasteiger partial charge >= 0.3 is 0 Å². The molecule has 4 nitrogen and oxygen atoms in total. The molecule has 0 aliphatic rings. The van der Waals surface area contributed by atoms with Gasteiger partial charge in [0.15, 0.2) is 5.11 Å². The van der Waals surface area contributed by atoms with Crippen LogP contribution in [0, 0.1) is 0 Å². The maximum absolute atomic E-state index is 4.93. The molecule has 1 aromatic heterocycles. The molecule has 1 heterocycles. The van der Waals surface area contributed by atoms with E-state index < -0.39 is 0 Å². The number of nitrogens with zero attached hydrogens (tertiary/aromatic N) is 2. The number of nitrogens with one attached hydrogen (secondary N) is 2. The zero-order valence-corrected chi connectivity index (χ0v) is 9.87. The number of rotatable bonds is 2. The van der Waals surface area contributed by atoms with E-state index in [0.717, 1.165) is 10.2 Å². The molecular weight excluding hydrogens is 252 g/mol. The van der Waals surface area contributed by atoms with Crippen LogP contribution in [0.3, 0.4) is 0 Å². The molecule has 1 rings (SSSR count). The predicted molar refractivity (Wildman–Crippen MR) is 59.4 cm³/mol. The summed E-state index contributed by atoms with van der Waals surface area (Å²) < 4.78 is 2.74. The van der Waals surface area contributed by atoms with Crippen molar-refractivity contribution >= 4 is 33.3 Å². The fourth-order valence-corrected chi connectivity index (χ4v) is 1.47. The van der Waals surface area contributed by atoms with Crippen molar-refractivity contribution in [2.75, 3.05) is 7.05 Å². The Kier molecular flexibility index (Phi) is 3.68. The van der Waals surface area contributed by atoms with Crippen molar-refractivity contribution in [1.29, 1.82) is 0 Å². The SMILES string of the molecule is CNC(=S)NCc1nn(C)cc1Br. The van der Waals surface area contributed by atoms with Gasteiger partial charge < -0.3 is 10.6 Å². The van der Waals surface area contributed by atoms with Gasteiger partial charge in [-0.05, 0) is 28.1 Å². The lowest BCUT2D eigenvalue weighted by Crippen LogP contribution is -2.32. The summed E-state index contributed by atoms with van der Waals surface area (Å²) >= 11 is 8.33. The van der Waals surface area contributed by atoms with Gasteiger partial charge in [-0.2, -0.15) is 5.10 Å². The van der Waals surface area contributed by atoms with Crippen molar-refractivity contribution in [2.45, 2.75) is 6.54 Å². The first-order valence-electron chi connectivity index (χ1n) is 3.77. The number of halogens is 1. The Morgan fingerprint density at radius 3 is 2.92 bits per heavy atom. The van der Waals surface area contributed by atoms with Crippen molar-refractivity contribution in [3.05, 3.63) is 16.4 Å². The molecule has 13 heavy (non-hydrogen) atoms. The molecule has 0 radical (unpaired) electrons. The second-order valence-corrected chi connectivity index (χ2v) is 3.79. The third-order valence-corrected chi connectivity index (χ3v) is 2.51. The van der Waals surface area contributed by atoms with Crippen LogP contribution in [-0.4, -0.2) is 21.9 Å². The highest BCUT2D eigenvalue weighted by atomic mass is 79.9. The molecule has 0 spiro atoms. The Bertz CT molecular complexity index is 309. The normalized spacial score (nSPS) is 9.77. The van der Waals surface area contributed by atoms with Crippen LogP contribution in [-0.2, 0) is 13.6 Å². The van der Waals surface area contributed by atoms with Crippen LogP contribution >= 0.6 is 28.1 Å². The molecule has 0 saturated heterocycles. The zero-order chi connectivity index (χ0) is 9.84. The summed E-state index contributed by atoms with van der Waals surface area (Å²) in [5.41, 5.74) is 0.945. The summed E-state index contributed by atoms with van der Waals surface area (Å²) in [6, 6.07) is 0. The molecule has 0 bridgehead atoms. The van der Waals surface area contributed by atoms with Gasteiger partial charge in [-0.1, -0.05) is 0 Å². The second-order valence-electron chi connectivity index (χ2n) is 2.53. The van der Waals surface area contributed by atoms with Crippen LogP contribution in [0.25, 0.3) is 0 Å². The number of thiocarbonyl (C=S) groups is 1. The second kappa shape index (κ2) is 4.57. The molecule has 6 heteroatoms. The van der Waals surface area contributed by atoms with E-state index in [1.807, 2.05) is 13.2 Å². The largest absolute Gasteiger partial charge is 0.366 e. The molecule has 0 aliphatic heterocycles. The minimum absolute atomic E-state index is 0.623. The molecule has 72 valence electrons. The van der Waals surface area contributed by atoms with Gasteiger partial charge in [0, 0.05) is 20.3 Å². The fourth-order valence-electron chi connectivity index (χ4n) is 0.878. The quantitative estimate of drug-likeness (QED) is 0.774. The van der Waals surface area contributed by atoms with Gasteiger partial charge in [0.2, 0.25) is 0 Å². The van der Waals surface area contributed by atoms with E-state index in [0.29, 0.717) is 11.7 Å². The summed E-state index contributed by atoms with van der Waals surface area (Å²) in [5, 5.41) is 10.7. The minimum atomic E-state index is 0.623. The molecule has 0 saturated carbocycles. The van der Waals surface area contributed by atoms with Crippen molar-refractivity contribution in [1.82, 2.24) is 20.4 Å². The molecule has 1 aromatic rings. The van der Waals surface area contributed by atoms with Crippen LogP contribution in [0.15, 0.2) is 10.7 Å². The van der Waals surface area contributed by atoms with Crippen molar-refractivity contribution in [3.8, 4) is 0 Å². The lowest BCUT2D eigenvalue weighted by atomic mass is 10.4. The molecular formula is C7H11BrN4S. The summed E-state index contributed by atoms with van der Waals surface area (Å²) in [6.45, 7) is 0.626. The third-order valence-electron chi connectivity index (χ3n) is 1.50. The van der Waals surface area contributed by atoms with E-state index in [9.17, 15) is 0 Å². The van der Waals surface area contributed by atoms with Gasteiger partial charge in [0.05, 0.1) is 16.7 Å². The molecule has 0 unspecified atom stereocenters. The van der Waals surface area contributed by atoms with E-state index >= 15 is 0 Å². The third kappa shape index (κ3) is 2.96. The zero-order valence-electron chi connectivity index (χ0n) is 7.47. The first kappa shape index (κ1) is 10.5. The summed E-state index contributed by atoms with van der Waals surface area (Å²) in [7, 11) is 3.66. The lowest BCUT2D eigenvalue weighted by molar-refractivity contribution is 0.728. The van der Waals surface area contributed by atoms with Crippen LogP contribution < -0.4 is 10.6 Å². The van der Waals surface area contributed by atoms with Gasteiger partial charge in [0.25, 0.3) is 0 Å². The van der Waals surface area contributed by atoms with Crippen molar-refractivity contribution < 1.29 is 0 Å². The van der Waals surface area contributed by atoms with Crippen LogP contribution in [0.2, 0.25) is 0 Å². The number of aryl methyl sites for hydroxylation is 1. The van der Waals surface area contributed by atoms with E-state index in [1.54, 1.807) is 11.7 Å². The van der Waals surface area contributed by atoms with E-state index in [4.69, 9.17) is 12.2 Å². The van der Waals surface area contributed by atoms with Gasteiger partial charge in [-0.25, -0.2) is 0 Å². The van der Waals surface area contributed by atoms with Gasteiger partial charge in [-0.3, -0.25) is 4.68 Å². The number of hydrogen-bond donors (Lipinski definition) is 2. The average Bonchev–Trinajstić information content (AvgIpc) is 2.41. The maximum Gasteiger partial charge on any atom is 0.166 e. The smallest absolute Gasteiger partial charge is 0.166 e. The summed E-state index contributed by atoms with van der Waals surface area (Å²) in [6.07, 6.45) is 1.90. The monoisotopic (exact) mass is 262 g/mol. The Hall–Kier alpha value is -0.620. The maximum atomic E-state index is 4.93. The first-order valence-corrected chi connectivity index (χ1v) is 4.97. The molecule has 0 aliphatic carbocycles. The topological polar surface area (TPSA) is 41.9 Å². The Morgan fingerprint density at radius 2 is 2.46 bits per heavy atom. The standard InChI is InChI=1S/C7H11BrN4S/c1-9-7(13)10-3-6-5(8)4-12(2)11-6/h4H,3H2,1-2H3,(H2,9,10,13). The average molecular weight is 263 g/mol. The van der Waals surface area contributed by atoms with Gasteiger partial charge in [0.1, 0.15) is 0 Å². The molecule has 0 fully saturated rings. The highest BCUT2D eigenvalue weighted by Crippen LogP contribution is 2.13. The van der Waals surface area contributed by atoms with Crippen LogP contribution in [0.1, 0.15) is 5.69 Å². The molecule has 0 atom stereocenters. The van der Waals surface area contributed by atoms with E-state index in [1.165, 1.54) is 0 Å². The highest BCUT2D eigenvalue weighted by molar-refractivity contribution is 9.10. The first-order chi connectivity index (χ1) is 6.13.